The van der Waals surface area contributed by atoms with Gasteiger partial charge in [0.25, 0.3) is 0 Å². The van der Waals surface area contributed by atoms with E-state index in [1.165, 1.54) is 12.8 Å². The van der Waals surface area contributed by atoms with E-state index in [1.54, 1.807) is 7.11 Å². The van der Waals surface area contributed by atoms with Gasteiger partial charge in [-0.1, -0.05) is 43.2 Å². The van der Waals surface area contributed by atoms with Crippen LogP contribution in [0.4, 0.5) is 0 Å². The summed E-state index contributed by atoms with van der Waals surface area (Å²) in [5.74, 6) is 0.574. The van der Waals surface area contributed by atoms with Crippen molar-refractivity contribution in [3.63, 3.8) is 0 Å². The minimum Gasteiger partial charge on any atom is -0.385 e. The maximum atomic E-state index is 13.0. The summed E-state index contributed by atoms with van der Waals surface area (Å²) in [6.07, 6.45) is 5.46. The number of hydrogen-bond donors (Lipinski definition) is 1. The van der Waals surface area contributed by atoms with Crippen LogP contribution in [0.3, 0.4) is 0 Å². The molecule has 2 amide bonds. The Morgan fingerprint density at radius 3 is 2.48 bits per heavy atom. The maximum absolute atomic E-state index is 13.0. The number of ether oxygens (including phenoxy) is 2. The molecule has 0 unspecified atom stereocenters. The van der Waals surface area contributed by atoms with E-state index in [1.807, 2.05) is 35.2 Å². The molecule has 1 aliphatic carbocycles. The van der Waals surface area contributed by atoms with E-state index >= 15 is 0 Å². The number of nitrogens with zero attached hydrogens (tertiary/aromatic N) is 2. The smallest absolute Gasteiger partial charge is 0.248 e. The predicted molar refractivity (Wildman–Crippen MR) is 119 cm³/mol. The van der Waals surface area contributed by atoms with E-state index in [4.69, 9.17) is 9.47 Å². The lowest BCUT2D eigenvalue weighted by Gasteiger charge is -2.40. The number of rotatable bonds is 11. The average molecular weight is 432 g/mol. The zero-order valence-electron chi connectivity index (χ0n) is 18.8. The number of carbonyl (C=O) groups excluding carboxylic acids is 2. The molecule has 172 valence electrons. The van der Waals surface area contributed by atoms with Gasteiger partial charge in [0.15, 0.2) is 0 Å². The summed E-state index contributed by atoms with van der Waals surface area (Å²) in [7, 11) is 1.68. The normalized spacial score (nSPS) is 18.8. The lowest BCUT2D eigenvalue weighted by molar-refractivity contribution is -0.139. The van der Waals surface area contributed by atoms with Gasteiger partial charge in [0, 0.05) is 46.4 Å². The lowest BCUT2D eigenvalue weighted by atomic mass is 9.95. The topological polar surface area (TPSA) is 71.1 Å². The molecular formula is C24H37N3O4. The standard InChI is InChI=1S/C24H37N3O4/c1-30-17-7-12-25-24(29)23(21-10-5-6-11-21)27-15-13-26(14-16-27)22(28)19-31-18-20-8-3-2-4-9-20/h2-4,8-9,21,23H,5-7,10-19H2,1H3,(H,25,29)/t23-/m0/s1. The second-order valence-electron chi connectivity index (χ2n) is 8.52. The second-order valence-corrected chi connectivity index (χ2v) is 8.52. The van der Waals surface area contributed by atoms with E-state index in [-0.39, 0.29) is 24.5 Å². The van der Waals surface area contributed by atoms with Crippen molar-refractivity contribution in [3.05, 3.63) is 35.9 Å². The summed E-state index contributed by atoms with van der Waals surface area (Å²) in [5, 5.41) is 3.11. The van der Waals surface area contributed by atoms with Crippen molar-refractivity contribution < 1.29 is 19.1 Å². The first-order chi connectivity index (χ1) is 15.2. The molecule has 1 aromatic rings. The lowest BCUT2D eigenvalue weighted by Crippen LogP contribution is -2.58. The molecule has 0 aromatic heterocycles. The molecule has 1 atom stereocenters. The van der Waals surface area contributed by atoms with Gasteiger partial charge in [-0.2, -0.15) is 0 Å². The molecule has 3 rings (SSSR count). The molecule has 0 radical (unpaired) electrons. The van der Waals surface area contributed by atoms with Crippen LogP contribution < -0.4 is 5.32 Å². The van der Waals surface area contributed by atoms with Gasteiger partial charge >= 0.3 is 0 Å². The predicted octanol–water partition coefficient (Wildman–Crippen LogP) is 2.06. The molecule has 1 heterocycles. The van der Waals surface area contributed by atoms with Crippen molar-refractivity contribution in [2.75, 3.05) is 53.0 Å². The Morgan fingerprint density at radius 2 is 1.81 bits per heavy atom. The summed E-state index contributed by atoms with van der Waals surface area (Å²) in [6, 6.07) is 9.80. The molecule has 2 fully saturated rings. The fraction of sp³-hybridized carbons (Fsp3) is 0.667. The molecule has 0 bridgehead atoms. The monoisotopic (exact) mass is 431 g/mol. The number of methoxy groups -OCH3 is 1. The summed E-state index contributed by atoms with van der Waals surface area (Å²) in [6.45, 7) is 4.60. The van der Waals surface area contributed by atoms with Gasteiger partial charge in [-0.05, 0) is 30.7 Å². The largest absolute Gasteiger partial charge is 0.385 e. The third-order valence-corrected chi connectivity index (χ3v) is 6.34. The highest BCUT2D eigenvalue weighted by Gasteiger charge is 2.37. The molecule has 1 N–H and O–H groups in total. The Hall–Kier alpha value is -1.96. The van der Waals surface area contributed by atoms with Crippen LogP contribution in [0.5, 0.6) is 0 Å². The summed E-state index contributed by atoms with van der Waals surface area (Å²) >= 11 is 0. The fourth-order valence-corrected chi connectivity index (χ4v) is 4.66. The highest BCUT2D eigenvalue weighted by Crippen LogP contribution is 2.31. The Labute approximate surface area is 186 Å². The molecule has 7 heteroatoms. The Bertz CT molecular complexity index is 671. The third kappa shape index (κ3) is 7.30. The first kappa shape index (κ1) is 23.7. The van der Waals surface area contributed by atoms with Gasteiger partial charge in [0.1, 0.15) is 6.61 Å². The number of benzene rings is 1. The molecular weight excluding hydrogens is 394 g/mol. The minimum absolute atomic E-state index is 0.0250. The summed E-state index contributed by atoms with van der Waals surface area (Å²) in [5.41, 5.74) is 1.07. The van der Waals surface area contributed by atoms with E-state index < -0.39 is 0 Å². The number of carbonyl (C=O) groups is 2. The van der Waals surface area contributed by atoms with Gasteiger partial charge in [-0.3, -0.25) is 14.5 Å². The zero-order chi connectivity index (χ0) is 21.9. The molecule has 1 aliphatic heterocycles. The second kappa shape index (κ2) is 12.8. The van der Waals surface area contributed by atoms with Crippen LogP contribution in [0.25, 0.3) is 0 Å². The zero-order valence-corrected chi connectivity index (χ0v) is 18.8. The number of amides is 2. The number of piperazine rings is 1. The molecule has 0 spiro atoms. The van der Waals surface area contributed by atoms with Crippen molar-refractivity contribution in [2.45, 2.75) is 44.8 Å². The molecule has 2 aliphatic rings. The molecule has 1 saturated heterocycles. The van der Waals surface area contributed by atoms with Crippen molar-refractivity contribution in [3.8, 4) is 0 Å². The Kier molecular flexibility index (Phi) is 9.78. The quantitative estimate of drug-likeness (QED) is 0.543. The number of nitrogens with one attached hydrogen (secondary N) is 1. The molecule has 1 aromatic carbocycles. The van der Waals surface area contributed by atoms with Crippen molar-refractivity contribution in [1.29, 1.82) is 0 Å². The van der Waals surface area contributed by atoms with Gasteiger partial charge in [-0.15, -0.1) is 0 Å². The molecule has 7 nitrogen and oxygen atoms in total. The van der Waals surface area contributed by atoms with Gasteiger partial charge in [-0.25, -0.2) is 0 Å². The van der Waals surface area contributed by atoms with E-state index in [9.17, 15) is 9.59 Å². The van der Waals surface area contributed by atoms with Crippen molar-refractivity contribution >= 4 is 11.8 Å². The third-order valence-electron chi connectivity index (χ3n) is 6.34. The maximum Gasteiger partial charge on any atom is 0.248 e. The number of hydrogen-bond acceptors (Lipinski definition) is 5. The van der Waals surface area contributed by atoms with Gasteiger partial charge < -0.3 is 19.7 Å². The highest BCUT2D eigenvalue weighted by atomic mass is 16.5. The summed E-state index contributed by atoms with van der Waals surface area (Å²) in [4.78, 5) is 29.7. The van der Waals surface area contributed by atoms with Crippen molar-refractivity contribution in [2.24, 2.45) is 5.92 Å². The SMILES string of the molecule is COCCCNC(=O)[C@H](C1CCCC1)N1CCN(C(=O)COCc2ccccc2)CC1. The van der Waals surface area contributed by atoms with E-state index in [2.05, 4.69) is 10.2 Å². The van der Waals surface area contributed by atoms with Crippen LogP contribution >= 0.6 is 0 Å². The van der Waals surface area contributed by atoms with Crippen LogP contribution in [0.2, 0.25) is 0 Å². The first-order valence-corrected chi connectivity index (χ1v) is 11.6. The molecule has 1 saturated carbocycles. The van der Waals surface area contributed by atoms with Gasteiger partial charge in [0.2, 0.25) is 11.8 Å². The average Bonchev–Trinajstić information content (AvgIpc) is 3.32. The van der Waals surface area contributed by atoms with Crippen LogP contribution in [-0.4, -0.2) is 80.7 Å². The first-order valence-electron chi connectivity index (χ1n) is 11.6. The minimum atomic E-state index is -0.0865. The highest BCUT2D eigenvalue weighted by molar-refractivity contribution is 5.82. The molecule has 31 heavy (non-hydrogen) atoms. The van der Waals surface area contributed by atoms with Crippen LogP contribution in [0.1, 0.15) is 37.7 Å². The van der Waals surface area contributed by atoms with Crippen molar-refractivity contribution in [1.82, 2.24) is 15.1 Å². The Morgan fingerprint density at radius 1 is 1.10 bits per heavy atom. The van der Waals surface area contributed by atoms with Crippen LogP contribution in [0, 0.1) is 5.92 Å². The van der Waals surface area contributed by atoms with Gasteiger partial charge in [0.05, 0.1) is 12.6 Å². The van der Waals surface area contributed by atoms with E-state index in [0.29, 0.717) is 38.8 Å². The Balaban J connectivity index is 1.45. The van der Waals surface area contributed by atoms with Crippen LogP contribution in [-0.2, 0) is 25.7 Å². The summed E-state index contributed by atoms with van der Waals surface area (Å²) < 4.78 is 10.7. The fourth-order valence-electron chi connectivity index (χ4n) is 4.66. The van der Waals surface area contributed by atoms with Crippen LogP contribution in [0.15, 0.2) is 30.3 Å². The van der Waals surface area contributed by atoms with E-state index in [0.717, 1.165) is 37.9 Å².